The Morgan fingerprint density at radius 2 is 1.79 bits per heavy atom. The maximum absolute atomic E-state index is 12.4. The highest BCUT2D eigenvalue weighted by atomic mass is 16.2. The fourth-order valence-electron chi connectivity index (χ4n) is 3.00. The number of amides is 1. The minimum Gasteiger partial charge on any atom is -0.399 e. The van der Waals surface area contributed by atoms with E-state index in [-0.39, 0.29) is 5.91 Å². The first-order chi connectivity index (χ1) is 11.7. The molecule has 0 radical (unpaired) electrons. The van der Waals surface area contributed by atoms with Crippen molar-refractivity contribution in [3.63, 3.8) is 0 Å². The molecule has 1 aliphatic rings. The van der Waals surface area contributed by atoms with Gasteiger partial charge in [-0.2, -0.15) is 5.26 Å². The van der Waals surface area contributed by atoms with Gasteiger partial charge in [0, 0.05) is 31.9 Å². The number of nitriles is 1. The molecule has 122 valence electrons. The number of carbonyl (C=O) groups is 1. The lowest BCUT2D eigenvalue weighted by Gasteiger charge is -2.36. The van der Waals surface area contributed by atoms with Gasteiger partial charge < -0.3 is 15.5 Å². The van der Waals surface area contributed by atoms with Gasteiger partial charge >= 0.3 is 0 Å². The van der Waals surface area contributed by atoms with Crippen LogP contribution in [0.3, 0.4) is 0 Å². The van der Waals surface area contributed by atoms with E-state index in [1.807, 2.05) is 47.4 Å². The summed E-state index contributed by atoms with van der Waals surface area (Å²) in [5, 5.41) is 9.28. The van der Waals surface area contributed by atoms with Crippen LogP contribution in [0.2, 0.25) is 0 Å². The van der Waals surface area contributed by atoms with Crippen molar-refractivity contribution in [1.29, 1.82) is 5.26 Å². The van der Waals surface area contributed by atoms with Gasteiger partial charge in [-0.25, -0.2) is 0 Å². The van der Waals surface area contributed by atoms with E-state index in [9.17, 15) is 10.1 Å². The maximum atomic E-state index is 12.4. The summed E-state index contributed by atoms with van der Waals surface area (Å²) >= 11 is 0. The second-order valence-corrected chi connectivity index (χ2v) is 5.92. The van der Waals surface area contributed by atoms with Gasteiger partial charge in [-0.1, -0.05) is 30.3 Å². The molecule has 0 bridgehead atoms. The van der Waals surface area contributed by atoms with E-state index in [1.165, 1.54) is 0 Å². The number of rotatable bonds is 3. The molecule has 1 saturated heterocycles. The Balaban J connectivity index is 1.62. The average molecular weight is 320 g/mol. The third-order valence-electron chi connectivity index (χ3n) is 4.31. The molecular weight excluding hydrogens is 300 g/mol. The zero-order valence-corrected chi connectivity index (χ0v) is 13.5. The van der Waals surface area contributed by atoms with Crippen LogP contribution in [0.5, 0.6) is 0 Å². The van der Waals surface area contributed by atoms with E-state index >= 15 is 0 Å². The first kappa shape index (κ1) is 15.9. The zero-order chi connectivity index (χ0) is 16.9. The number of piperazine rings is 1. The predicted molar refractivity (Wildman–Crippen MR) is 94.5 cm³/mol. The second kappa shape index (κ2) is 7.05. The van der Waals surface area contributed by atoms with Crippen molar-refractivity contribution in [2.75, 3.05) is 36.8 Å². The molecular formula is C19H20N4O. The van der Waals surface area contributed by atoms with E-state index < -0.39 is 0 Å². The number of hydrogen-bond acceptors (Lipinski definition) is 4. The Morgan fingerprint density at radius 1 is 1.08 bits per heavy atom. The van der Waals surface area contributed by atoms with E-state index in [0.717, 1.165) is 24.3 Å². The number of nitrogens with zero attached hydrogens (tertiary/aromatic N) is 3. The standard InChI is InChI=1S/C19H20N4O/c20-14-16-13-17(21)6-7-18(16)22-8-10-23(11-9-22)19(24)12-15-4-2-1-3-5-15/h1-7,13H,8-12,21H2. The van der Waals surface area contributed by atoms with Crippen molar-refractivity contribution >= 4 is 17.3 Å². The fourth-order valence-corrected chi connectivity index (χ4v) is 3.00. The van der Waals surface area contributed by atoms with Crippen LogP contribution in [-0.2, 0) is 11.2 Å². The number of nitrogens with two attached hydrogens (primary N) is 1. The van der Waals surface area contributed by atoms with Crippen molar-refractivity contribution < 1.29 is 4.79 Å². The number of benzene rings is 2. The smallest absolute Gasteiger partial charge is 0.227 e. The third-order valence-corrected chi connectivity index (χ3v) is 4.31. The van der Waals surface area contributed by atoms with Gasteiger partial charge in [0.2, 0.25) is 5.91 Å². The van der Waals surface area contributed by atoms with Crippen molar-refractivity contribution in [2.45, 2.75) is 6.42 Å². The number of hydrogen-bond donors (Lipinski definition) is 1. The van der Waals surface area contributed by atoms with Crippen LogP contribution >= 0.6 is 0 Å². The Hall–Kier alpha value is -3.00. The van der Waals surface area contributed by atoms with Gasteiger partial charge in [-0.3, -0.25) is 4.79 Å². The van der Waals surface area contributed by atoms with Crippen LogP contribution in [0.15, 0.2) is 48.5 Å². The monoisotopic (exact) mass is 320 g/mol. The van der Waals surface area contributed by atoms with Crippen LogP contribution in [0.25, 0.3) is 0 Å². The molecule has 1 fully saturated rings. The van der Waals surface area contributed by atoms with E-state index in [4.69, 9.17) is 5.73 Å². The second-order valence-electron chi connectivity index (χ2n) is 5.92. The summed E-state index contributed by atoms with van der Waals surface area (Å²) in [6.45, 7) is 2.78. The normalized spacial score (nSPS) is 14.3. The summed E-state index contributed by atoms with van der Waals surface area (Å²) < 4.78 is 0. The van der Waals surface area contributed by atoms with E-state index in [1.54, 1.807) is 6.07 Å². The van der Waals surface area contributed by atoms with Crippen LogP contribution < -0.4 is 10.6 Å². The zero-order valence-electron chi connectivity index (χ0n) is 13.5. The number of anilines is 2. The number of nitrogen functional groups attached to an aromatic ring is 1. The largest absolute Gasteiger partial charge is 0.399 e. The Kier molecular flexibility index (Phi) is 4.66. The molecule has 5 heteroatoms. The van der Waals surface area contributed by atoms with Crippen molar-refractivity contribution in [3.05, 3.63) is 59.7 Å². The lowest BCUT2D eigenvalue weighted by atomic mass is 10.1. The molecule has 0 saturated carbocycles. The predicted octanol–water partition coefficient (Wildman–Crippen LogP) is 2.03. The highest BCUT2D eigenvalue weighted by Gasteiger charge is 2.22. The lowest BCUT2D eigenvalue weighted by Crippen LogP contribution is -2.49. The number of carbonyl (C=O) groups excluding carboxylic acids is 1. The van der Waals surface area contributed by atoms with Gasteiger partial charge in [0.15, 0.2) is 0 Å². The van der Waals surface area contributed by atoms with Crippen molar-refractivity contribution in [2.24, 2.45) is 0 Å². The molecule has 0 spiro atoms. The van der Waals surface area contributed by atoms with Gasteiger partial charge in [0.05, 0.1) is 17.7 Å². The molecule has 2 aromatic rings. The minimum absolute atomic E-state index is 0.152. The summed E-state index contributed by atoms with van der Waals surface area (Å²) in [6, 6.07) is 17.4. The Labute approximate surface area is 141 Å². The molecule has 1 aliphatic heterocycles. The third kappa shape index (κ3) is 3.49. The van der Waals surface area contributed by atoms with Gasteiger partial charge in [0.1, 0.15) is 6.07 Å². The molecule has 5 nitrogen and oxygen atoms in total. The first-order valence-corrected chi connectivity index (χ1v) is 8.03. The van der Waals surface area contributed by atoms with Crippen LogP contribution in [0.4, 0.5) is 11.4 Å². The summed E-state index contributed by atoms with van der Waals surface area (Å²) in [5.74, 6) is 0.152. The molecule has 1 heterocycles. The van der Waals surface area contributed by atoms with E-state index in [2.05, 4.69) is 11.0 Å². The highest BCUT2D eigenvalue weighted by molar-refractivity contribution is 5.79. The van der Waals surface area contributed by atoms with Crippen molar-refractivity contribution in [1.82, 2.24) is 4.90 Å². The summed E-state index contributed by atoms with van der Waals surface area (Å²) in [4.78, 5) is 16.5. The molecule has 0 atom stereocenters. The lowest BCUT2D eigenvalue weighted by molar-refractivity contribution is -0.130. The van der Waals surface area contributed by atoms with Gasteiger partial charge in [-0.05, 0) is 23.8 Å². The van der Waals surface area contributed by atoms with Crippen LogP contribution in [0, 0.1) is 11.3 Å². The summed E-state index contributed by atoms with van der Waals surface area (Å²) in [7, 11) is 0. The topological polar surface area (TPSA) is 73.4 Å². The molecule has 2 N–H and O–H groups in total. The van der Waals surface area contributed by atoms with E-state index in [0.29, 0.717) is 30.8 Å². The fraction of sp³-hybridized carbons (Fsp3) is 0.263. The molecule has 1 amide bonds. The molecule has 24 heavy (non-hydrogen) atoms. The van der Waals surface area contributed by atoms with Crippen molar-refractivity contribution in [3.8, 4) is 6.07 Å². The molecule has 0 aliphatic carbocycles. The Morgan fingerprint density at radius 3 is 2.46 bits per heavy atom. The average Bonchev–Trinajstić information content (AvgIpc) is 2.62. The van der Waals surface area contributed by atoms with Gasteiger partial charge in [0.25, 0.3) is 0 Å². The van der Waals surface area contributed by atoms with Crippen LogP contribution in [0.1, 0.15) is 11.1 Å². The SMILES string of the molecule is N#Cc1cc(N)ccc1N1CCN(C(=O)Cc2ccccc2)CC1. The first-order valence-electron chi connectivity index (χ1n) is 8.03. The highest BCUT2D eigenvalue weighted by Crippen LogP contribution is 2.23. The Bertz CT molecular complexity index is 759. The molecule has 0 aromatic heterocycles. The maximum Gasteiger partial charge on any atom is 0.227 e. The van der Waals surface area contributed by atoms with Crippen LogP contribution in [-0.4, -0.2) is 37.0 Å². The molecule has 0 unspecified atom stereocenters. The summed E-state index contributed by atoms with van der Waals surface area (Å²) in [5.41, 5.74) is 8.85. The summed E-state index contributed by atoms with van der Waals surface area (Å²) in [6.07, 6.45) is 0.437. The van der Waals surface area contributed by atoms with Gasteiger partial charge in [-0.15, -0.1) is 0 Å². The quantitative estimate of drug-likeness (QED) is 0.878. The molecule has 2 aromatic carbocycles. The molecule has 3 rings (SSSR count). The minimum atomic E-state index is 0.152.